The molecular weight excluding hydrogens is 322 g/mol. The molecular formula is C18H17N3O2S. The van der Waals surface area contributed by atoms with Crippen LogP contribution in [0.2, 0.25) is 0 Å². The summed E-state index contributed by atoms with van der Waals surface area (Å²) in [7, 11) is 0. The van der Waals surface area contributed by atoms with Crippen LogP contribution >= 0.6 is 11.8 Å². The average molecular weight is 339 g/mol. The van der Waals surface area contributed by atoms with Crippen LogP contribution in [0, 0.1) is 6.92 Å². The summed E-state index contributed by atoms with van der Waals surface area (Å²) >= 11 is 1.33. The molecule has 3 rings (SSSR count). The summed E-state index contributed by atoms with van der Waals surface area (Å²) in [6.07, 6.45) is 0. The van der Waals surface area contributed by atoms with Crippen molar-refractivity contribution in [2.24, 2.45) is 5.10 Å². The van der Waals surface area contributed by atoms with Crippen molar-refractivity contribution in [3.63, 3.8) is 0 Å². The van der Waals surface area contributed by atoms with Crippen molar-refractivity contribution in [1.29, 1.82) is 0 Å². The quantitative estimate of drug-likeness (QED) is 0.871. The lowest BCUT2D eigenvalue weighted by molar-refractivity contribution is -0.124. The third kappa shape index (κ3) is 3.65. The molecule has 24 heavy (non-hydrogen) atoms. The van der Waals surface area contributed by atoms with E-state index in [0.29, 0.717) is 23.0 Å². The zero-order valence-corrected chi connectivity index (χ0v) is 14.0. The Labute approximate surface area is 144 Å². The summed E-state index contributed by atoms with van der Waals surface area (Å²) in [4.78, 5) is 25.9. The molecule has 122 valence electrons. The number of amidine groups is 1. The second kappa shape index (κ2) is 7.31. The second-order valence-corrected chi connectivity index (χ2v) is 6.35. The van der Waals surface area contributed by atoms with Crippen LogP contribution in [-0.4, -0.2) is 27.6 Å². The average Bonchev–Trinajstić information content (AvgIpc) is 2.94. The smallest absolute Gasteiger partial charge is 0.271 e. The zero-order valence-electron chi connectivity index (χ0n) is 13.2. The van der Waals surface area contributed by atoms with Crippen LogP contribution in [-0.2, 0) is 11.3 Å². The van der Waals surface area contributed by atoms with Gasteiger partial charge in [0.25, 0.3) is 5.91 Å². The van der Waals surface area contributed by atoms with Gasteiger partial charge in [-0.15, -0.1) is 5.10 Å². The van der Waals surface area contributed by atoms with Gasteiger partial charge in [-0.3, -0.25) is 14.5 Å². The summed E-state index contributed by atoms with van der Waals surface area (Å²) in [5.74, 6) is 0.0549. The zero-order chi connectivity index (χ0) is 16.9. The number of benzene rings is 2. The van der Waals surface area contributed by atoms with Gasteiger partial charge in [-0.1, -0.05) is 60.3 Å². The van der Waals surface area contributed by atoms with E-state index in [0.717, 1.165) is 11.1 Å². The number of hydrogen-bond acceptors (Lipinski definition) is 4. The minimum Gasteiger partial charge on any atom is -0.285 e. The van der Waals surface area contributed by atoms with E-state index < -0.39 is 0 Å². The predicted molar refractivity (Wildman–Crippen MR) is 95.5 cm³/mol. The van der Waals surface area contributed by atoms with Gasteiger partial charge >= 0.3 is 0 Å². The van der Waals surface area contributed by atoms with Crippen molar-refractivity contribution < 1.29 is 9.59 Å². The first-order chi connectivity index (χ1) is 11.6. The Morgan fingerprint density at radius 3 is 2.62 bits per heavy atom. The molecule has 1 saturated heterocycles. The highest BCUT2D eigenvalue weighted by Gasteiger charge is 2.28. The van der Waals surface area contributed by atoms with Gasteiger partial charge < -0.3 is 0 Å². The fourth-order valence-electron chi connectivity index (χ4n) is 2.39. The molecule has 0 bridgehead atoms. The van der Waals surface area contributed by atoms with Crippen molar-refractivity contribution in [2.75, 3.05) is 5.75 Å². The van der Waals surface area contributed by atoms with Crippen molar-refractivity contribution in [1.82, 2.24) is 10.3 Å². The molecule has 6 heteroatoms. The molecule has 0 radical (unpaired) electrons. The lowest BCUT2D eigenvalue weighted by Gasteiger charge is -2.16. The standard InChI is InChI=1S/C18H17N3O2S/c1-13-7-5-6-10-15(13)17(23)19-20-18-21(16(22)12-24-18)11-14-8-3-2-4-9-14/h2-10H,11-12H2,1H3,(H,19,23). The van der Waals surface area contributed by atoms with Gasteiger partial charge in [0.15, 0.2) is 5.17 Å². The van der Waals surface area contributed by atoms with E-state index in [1.54, 1.807) is 11.0 Å². The molecule has 0 aliphatic carbocycles. The van der Waals surface area contributed by atoms with Crippen LogP contribution < -0.4 is 5.43 Å². The Hall–Kier alpha value is -2.60. The van der Waals surface area contributed by atoms with Crippen LogP contribution in [0.1, 0.15) is 21.5 Å². The molecule has 0 saturated carbocycles. The summed E-state index contributed by atoms with van der Waals surface area (Å²) in [6.45, 7) is 2.32. The fourth-order valence-corrected chi connectivity index (χ4v) is 3.23. The van der Waals surface area contributed by atoms with Crippen molar-refractivity contribution in [2.45, 2.75) is 13.5 Å². The number of hydrogen-bond donors (Lipinski definition) is 1. The largest absolute Gasteiger partial charge is 0.285 e. The molecule has 0 atom stereocenters. The van der Waals surface area contributed by atoms with Crippen LogP contribution in [0.25, 0.3) is 0 Å². The van der Waals surface area contributed by atoms with Crippen LogP contribution in [0.3, 0.4) is 0 Å². The maximum atomic E-state index is 12.2. The predicted octanol–water partition coefficient (Wildman–Crippen LogP) is 2.77. The van der Waals surface area contributed by atoms with Crippen LogP contribution in [0.4, 0.5) is 0 Å². The number of rotatable bonds is 4. The molecule has 5 nitrogen and oxygen atoms in total. The lowest BCUT2D eigenvalue weighted by atomic mass is 10.1. The van der Waals surface area contributed by atoms with Gasteiger partial charge in [0.2, 0.25) is 5.91 Å². The Morgan fingerprint density at radius 1 is 1.17 bits per heavy atom. The van der Waals surface area contributed by atoms with E-state index in [4.69, 9.17) is 0 Å². The number of hydrazone groups is 1. The molecule has 1 aliphatic rings. The maximum Gasteiger partial charge on any atom is 0.271 e. The summed E-state index contributed by atoms with van der Waals surface area (Å²) < 4.78 is 0. The molecule has 0 aromatic heterocycles. The normalized spacial score (nSPS) is 15.8. The SMILES string of the molecule is Cc1ccccc1C(=O)NN=C1SCC(=O)N1Cc1ccccc1. The molecule has 0 unspecified atom stereocenters. The number of aryl methyl sites for hydroxylation is 1. The molecule has 2 aromatic carbocycles. The molecule has 1 fully saturated rings. The van der Waals surface area contributed by atoms with Crippen molar-refractivity contribution in [3.05, 3.63) is 71.3 Å². The monoisotopic (exact) mass is 339 g/mol. The summed E-state index contributed by atoms with van der Waals surface area (Å²) in [6, 6.07) is 17.0. The first kappa shape index (κ1) is 16.3. The Kier molecular flexibility index (Phi) is 4.96. The van der Waals surface area contributed by atoms with E-state index in [9.17, 15) is 9.59 Å². The summed E-state index contributed by atoms with van der Waals surface area (Å²) in [5.41, 5.74) is 5.03. The molecule has 0 spiro atoms. The number of thioether (sulfide) groups is 1. The minimum atomic E-state index is -0.278. The lowest BCUT2D eigenvalue weighted by Crippen LogP contribution is -2.31. The molecule has 1 N–H and O–H groups in total. The number of carbonyl (C=O) groups is 2. The molecule has 2 amide bonds. The van der Waals surface area contributed by atoms with Gasteiger partial charge in [0.1, 0.15) is 0 Å². The number of amides is 2. The van der Waals surface area contributed by atoms with Gasteiger partial charge in [0, 0.05) is 5.56 Å². The molecule has 2 aromatic rings. The van der Waals surface area contributed by atoms with E-state index in [-0.39, 0.29) is 11.8 Å². The van der Waals surface area contributed by atoms with E-state index >= 15 is 0 Å². The van der Waals surface area contributed by atoms with Crippen molar-refractivity contribution >= 4 is 28.7 Å². The van der Waals surface area contributed by atoms with Gasteiger partial charge in [0.05, 0.1) is 12.3 Å². The fraction of sp³-hybridized carbons (Fsp3) is 0.167. The first-order valence-electron chi connectivity index (χ1n) is 7.56. The number of nitrogens with zero attached hydrogens (tertiary/aromatic N) is 2. The number of carbonyl (C=O) groups excluding carboxylic acids is 2. The Balaban J connectivity index is 1.72. The highest BCUT2D eigenvalue weighted by Crippen LogP contribution is 2.21. The van der Waals surface area contributed by atoms with E-state index in [2.05, 4.69) is 10.5 Å². The van der Waals surface area contributed by atoms with Gasteiger partial charge in [-0.25, -0.2) is 5.43 Å². The third-order valence-corrected chi connectivity index (χ3v) is 4.64. The first-order valence-corrected chi connectivity index (χ1v) is 8.54. The highest BCUT2D eigenvalue weighted by molar-refractivity contribution is 8.15. The Bertz CT molecular complexity index is 790. The maximum absolute atomic E-state index is 12.2. The third-order valence-electron chi connectivity index (χ3n) is 3.68. The summed E-state index contributed by atoms with van der Waals surface area (Å²) in [5, 5.41) is 4.67. The molecule has 1 heterocycles. The van der Waals surface area contributed by atoms with E-state index in [1.165, 1.54) is 11.8 Å². The topological polar surface area (TPSA) is 61.8 Å². The van der Waals surface area contributed by atoms with Crippen LogP contribution in [0.15, 0.2) is 59.7 Å². The molecule has 1 aliphatic heterocycles. The van der Waals surface area contributed by atoms with E-state index in [1.807, 2.05) is 55.5 Å². The van der Waals surface area contributed by atoms with Gasteiger partial charge in [-0.2, -0.15) is 0 Å². The van der Waals surface area contributed by atoms with Gasteiger partial charge in [-0.05, 0) is 24.1 Å². The van der Waals surface area contributed by atoms with Crippen LogP contribution in [0.5, 0.6) is 0 Å². The minimum absolute atomic E-state index is 0.00672. The Morgan fingerprint density at radius 2 is 1.88 bits per heavy atom. The second-order valence-electron chi connectivity index (χ2n) is 5.40. The highest BCUT2D eigenvalue weighted by atomic mass is 32.2. The number of nitrogens with one attached hydrogen (secondary N) is 1. The van der Waals surface area contributed by atoms with Crippen molar-refractivity contribution in [3.8, 4) is 0 Å².